The van der Waals surface area contributed by atoms with Crippen molar-refractivity contribution < 1.29 is 26.4 Å². The van der Waals surface area contributed by atoms with Crippen LogP contribution in [0.25, 0.3) is 0 Å². The maximum Gasteiger partial charge on any atom is 0.408 e. The van der Waals surface area contributed by atoms with E-state index in [4.69, 9.17) is 0 Å². The number of aromatic nitrogens is 2. The lowest BCUT2D eigenvalue weighted by Crippen LogP contribution is -2.25. The highest BCUT2D eigenvalue weighted by Gasteiger charge is 2.34. The van der Waals surface area contributed by atoms with Crippen LogP contribution in [-0.4, -0.2) is 35.9 Å². The minimum absolute atomic E-state index is 0.176. The van der Waals surface area contributed by atoms with E-state index in [0.717, 1.165) is 6.20 Å². The SMILES string of the molecule is CC(C)S(=O)(=O)c1c(C=O)cnn1CC(F)(F)F. The van der Waals surface area contributed by atoms with Crippen molar-refractivity contribution in [2.24, 2.45) is 0 Å². The van der Waals surface area contributed by atoms with Gasteiger partial charge in [0.15, 0.2) is 21.1 Å². The van der Waals surface area contributed by atoms with Crippen LogP contribution in [0.4, 0.5) is 13.2 Å². The fraction of sp³-hybridized carbons (Fsp3) is 0.556. The van der Waals surface area contributed by atoms with Gasteiger partial charge in [-0.3, -0.25) is 4.79 Å². The van der Waals surface area contributed by atoms with Gasteiger partial charge in [0.1, 0.15) is 6.54 Å². The molecule has 0 aromatic carbocycles. The predicted octanol–water partition coefficient (Wildman–Crippen LogP) is 1.44. The number of carbonyl (C=O) groups excluding carboxylic acids is 1. The number of alkyl halides is 3. The Hall–Kier alpha value is -1.38. The maximum absolute atomic E-state index is 12.3. The summed E-state index contributed by atoms with van der Waals surface area (Å²) in [5, 5.41) is 1.67. The van der Waals surface area contributed by atoms with E-state index in [-0.39, 0.29) is 11.8 Å². The van der Waals surface area contributed by atoms with Crippen LogP contribution in [0.15, 0.2) is 11.2 Å². The van der Waals surface area contributed by atoms with Crippen molar-refractivity contribution in [3.8, 4) is 0 Å². The van der Waals surface area contributed by atoms with E-state index >= 15 is 0 Å². The summed E-state index contributed by atoms with van der Waals surface area (Å²) in [4.78, 5) is 10.7. The van der Waals surface area contributed by atoms with Gasteiger partial charge in [0.05, 0.1) is 17.0 Å². The van der Waals surface area contributed by atoms with Crippen molar-refractivity contribution in [3.63, 3.8) is 0 Å². The van der Waals surface area contributed by atoms with Crippen molar-refractivity contribution >= 4 is 16.1 Å². The molecule has 1 rings (SSSR count). The zero-order valence-corrected chi connectivity index (χ0v) is 10.4. The molecule has 0 bridgehead atoms. The minimum atomic E-state index is -4.62. The van der Waals surface area contributed by atoms with Crippen molar-refractivity contribution in [2.75, 3.05) is 0 Å². The third-order valence-electron chi connectivity index (χ3n) is 2.16. The van der Waals surface area contributed by atoms with Gasteiger partial charge in [-0.2, -0.15) is 18.3 Å². The Balaban J connectivity index is 3.41. The van der Waals surface area contributed by atoms with Crippen LogP contribution in [0.1, 0.15) is 24.2 Å². The van der Waals surface area contributed by atoms with E-state index in [9.17, 15) is 26.4 Å². The average Bonchev–Trinajstić information content (AvgIpc) is 2.58. The van der Waals surface area contributed by atoms with E-state index in [1.54, 1.807) is 0 Å². The Bertz CT molecular complexity index is 546. The molecule has 0 unspecified atom stereocenters. The summed E-state index contributed by atoms with van der Waals surface area (Å²) in [5.74, 6) is 0. The van der Waals surface area contributed by atoms with Crippen molar-refractivity contribution in [2.45, 2.75) is 36.8 Å². The molecule has 0 fully saturated rings. The molecule has 0 atom stereocenters. The van der Waals surface area contributed by atoms with Crippen LogP contribution in [-0.2, 0) is 16.4 Å². The molecule has 0 aliphatic rings. The van der Waals surface area contributed by atoms with E-state index in [1.165, 1.54) is 13.8 Å². The van der Waals surface area contributed by atoms with Crippen LogP contribution < -0.4 is 0 Å². The van der Waals surface area contributed by atoms with Crippen LogP contribution >= 0.6 is 0 Å². The largest absolute Gasteiger partial charge is 0.408 e. The summed E-state index contributed by atoms with van der Waals surface area (Å²) in [6.07, 6.45) is -3.63. The summed E-state index contributed by atoms with van der Waals surface area (Å²) < 4.78 is 60.9. The Morgan fingerprint density at radius 3 is 2.39 bits per heavy atom. The molecule has 0 saturated heterocycles. The highest BCUT2D eigenvalue weighted by Crippen LogP contribution is 2.24. The smallest absolute Gasteiger partial charge is 0.298 e. The molecule has 1 aromatic rings. The van der Waals surface area contributed by atoms with E-state index in [1.807, 2.05) is 0 Å². The molecule has 1 heterocycles. The van der Waals surface area contributed by atoms with Gasteiger partial charge in [-0.25, -0.2) is 13.1 Å². The molecule has 1 aromatic heterocycles. The van der Waals surface area contributed by atoms with Gasteiger partial charge in [0.25, 0.3) is 0 Å². The number of rotatable bonds is 4. The number of aldehydes is 1. The standard InChI is InChI=1S/C9H11F3N2O3S/c1-6(2)18(16,17)8-7(4-15)3-13-14(8)5-9(10,11)12/h3-4,6H,5H2,1-2H3. The second-order valence-electron chi connectivity index (χ2n) is 3.89. The lowest BCUT2D eigenvalue weighted by Gasteiger charge is -2.13. The van der Waals surface area contributed by atoms with Gasteiger partial charge in [0, 0.05) is 0 Å². The zero-order chi connectivity index (χ0) is 14.1. The van der Waals surface area contributed by atoms with Crippen LogP contribution in [0.5, 0.6) is 0 Å². The van der Waals surface area contributed by atoms with Gasteiger partial charge in [-0.15, -0.1) is 0 Å². The maximum atomic E-state index is 12.3. The lowest BCUT2D eigenvalue weighted by atomic mass is 10.4. The quantitative estimate of drug-likeness (QED) is 0.784. The zero-order valence-electron chi connectivity index (χ0n) is 9.60. The summed E-state index contributed by atoms with van der Waals surface area (Å²) in [6, 6.07) is 0. The normalized spacial score (nSPS) is 13.0. The molecule has 102 valence electrons. The van der Waals surface area contributed by atoms with Gasteiger partial charge in [-0.05, 0) is 13.8 Å². The molecular formula is C9H11F3N2O3S. The first-order valence-corrected chi connectivity index (χ1v) is 6.46. The summed E-state index contributed by atoms with van der Waals surface area (Å²) in [6.45, 7) is 1.08. The predicted molar refractivity (Wildman–Crippen MR) is 56.0 cm³/mol. The minimum Gasteiger partial charge on any atom is -0.298 e. The van der Waals surface area contributed by atoms with Crippen LogP contribution in [0.2, 0.25) is 0 Å². The molecule has 5 nitrogen and oxygen atoms in total. The monoisotopic (exact) mass is 284 g/mol. The third-order valence-corrected chi connectivity index (χ3v) is 4.39. The molecule has 0 amide bonds. The van der Waals surface area contributed by atoms with E-state index < -0.39 is 32.8 Å². The number of hydrogen-bond acceptors (Lipinski definition) is 4. The number of halogens is 3. The van der Waals surface area contributed by atoms with Gasteiger partial charge in [0.2, 0.25) is 0 Å². The Morgan fingerprint density at radius 2 is 2.00 bits per heavy atom. The van der Waals surface area contributed by atoms with Gasteiger partial charge >= 0.3 is 6.18 Å². The Labute approximate surface area is 102 Å². The first kappa shape index (κ1) is 14.7. The second kappa shape index (κ2) is 4.71. The molecule has 0 saturated carbocycles. The van der Waals surface area contributed by atoms with Crippen molar-refractivity contribution in [1.29, 1.82) is 0 Å². The average molecular weight is 284 g/mol. The van der Waals surface area contributed by atoms with E-state index in [2.05, 4.69) is 5.10 Å². The summed E-state index contributed by atoms with van der Waals surface area (Å²) >= 11 is 0. The number of carbonyl (C=O) groups is 1. The number of sulfone groups is 1. The molecule has 0 aliphatic heterocycles. The van der Waals surface area contributed by atoms with Crippen LogP contribution in [0.3, 0.4) is 0 Å². The molecule has 9 heteroatoms. The lowest BCUT2D eigenvalue weighted by molar-refractivity contribution is -0.144. The molecular weight excluding hydrogens is 273 g/mol. The molecule has 18 heavy (non-hydrogen) atoms. The summed E-state index contributed by atoms with van der Waals surface area (Å²) in [7, 11) is -4.01. The fourth-order valence-corrected chi connectivity index (χ4v) is 2.57. The third kappa shape index (κ3) is 2.89. The molecule has 0 radical (unpaired) electrons. The van der Waals surface area contributed by atoms with Gasteiger partial charge in [-0.1, -0.05) is 0 Å². The Morgan fingerprint density at radius 1 is 1.44 bits per heavy atom. The summed E-state index contributed by atoms with van der Waals surface area (Å²) in [5.41, 5.74) is -0.368. The molecule has 0 N–H and O–H groups in total. The topological polar surface area (TPSA) is 69.0 Å². The molecule has 0 spiro atoms. The number of hydrogen-bond donors (Lipinski definition) is 0. The van der Waals surface area contributed by atoms with Crippen molar-refractivity contribution in [1.82, 2.24) is 9.78 Å². The first-order chi connectivity index (χ1) is 8.09. The highest BCUT2D eigenvalue weighted by atomic mass is 32.2. The second-order valence-corrected chi connectivity index (χ2v) is 6.31. The highest BCUT2D eigenvalue weighted by molar-refractivity contribution is 7.92. The first-order valence-electron chi connectivity index (χ1n) is 4.91. The Kier molecular flexibility index (Phi) is 3.84. The fourth-order valence-electron chi connectivity index (χ4n) is 1.29. The van der Waals surface area contributed by atoms with Crippen molar-refractivity contribution in [3.05, 3.63) is 11.8 Å². The molecule has 0 aliphatic carbocycles. The van der Waals surface area contributed by atoms with E-state index in [0.29, 0.717) is 4.68 Å². The van der Waals surface area contributed by atoms with Crippen LogP contribution in [0, 0.1) is 0 Å². The number of nitrogens with zero attached hydrogens (tertiary/aromatic N) is 2. The van der Waals surface area contributed by atoms with Gasteiger partial charge < -0.3 is 0 Å².